The zero-order valence-electron chi connectivity index (χ0n) is 18.6. The second kappa shape index (κ2) is 11.2. The normalized spacial score (nSPS) is 16.5. The van der Waals surface area contributed by atoms with Crippen molar-refractivity contribution in [2.24, 2.45) is 5.92 Å². The third-order valence-corrected chi connectivity index (χ3v) is 5.43. The Morgan fingerprint density at radius 2 is 1.84 bits per heavy atom. The average Bonchev–Trinajstić information content (AvgIpc) is 3.05. The molecule has 5 nitrogen and oxygen atoms in total. The second-order valence-corrected chi connectivity index (χ2v) is 8.23. The standard InChI is InChI=1S/C12H21NO2.C11H10F3NO/c1-8(2)11(13-9(3)14)12(15-4)10-6-5-7-10;12-8-4-7(11(14)9(13)5-8)6-15-3-1-2-10(15)16/h8,11H,5-7H2,1-4H3,(H,13,14);4-5H,1-3,6H2. The van der Waals surface area contributed by atoms with Crippen molar-refractivity contribution >= 4 is 11.8 Å². The van der Waals surface area contributed by atoms with Crippen LogP contribution in [0.4, 0.5) is 13.2 Å². The number of hydrogen-bond donors (Lipinski definition) is 1. The lowest BCUT2D eigenvalue weighted by molar-refractivity contribution is -0.128. The number of nitrogens with zero attached hydrogens (tertiary/aromatic N) is 1. The zero-order chi connectivity index (χ0) is 23.1. The number of rotatable bonds is 6. The van der Waals surface area contributed by atoms with Crippen LogP contribution in [0.3, 0.4) is 0 Å². The van der Waals surface area contributed by atoms with Crippen LogP contribution in [0.25, 0.3) is 0 Å². The zero-order valence-corrected chi connectivity index (χ0v) is 18.6. The molecule has 1 N–H and O–H groups in total. The molecular formula is C23H31F3N2O3. The van der Waals surface area contributed by atoms with Gasteiger partial charge in [0.05, 0.1) is 13.2 Å². The summed E-state index contributed by atoms with van der Waals surface area (Å²) in [5.41, 5.74) is 1.25. The summed E-state index contributed by atoms with van der Waals surface area (Å²) in [6.07, 6.45) is 4.60. The van der Waals surface area contributed by atoms with Crippen LogP contribution in [0, 0.1) is 23.4 Å². The van der Waals surface area contributed by atoms with Gasteiger partial charge in [-0.1, -0.05) is 13.8 Å². The highest BCUT2D eigenvalue weighted by molar-refractivity contribution is 5.78. The van der Waals surface area contributed by atoms with Crippen LogP contribution in [-0.2, 0) is 20.9 Å². The van der Waals surface area contributed by atoms with E-state index in [1.165, 1.54) is 16.9 Å². The van der Waals surface area contributed by atoms with Gasteiger partial charge >= 0.3 is 0 Å². The molecule has 1 aliphatic heterocycles. The molecule has 0 spiro atoms. The molecular weight excluding hydrogens is 409 g/mol. The Labute approximate surface area is 181 Å². The maximum atomic E-state index is 13.3. The molecule has 0 aromatic heterocycles. The molecule has 1 saturated heterocycles. The monoisotopic (exact) mass is 440 g/mol. The molecule has 1 saturated carbocycles. The van der Waals surface area contributed by atoms with Crippen molar-refractivity contribution in [1.82, 2.24) is 10.2 Å². The molecule has 1 aliphatic carbocycles. The van der Waals surface area contributed by atoms with Crippen LogP contribution in [0.1, 0.15) is 58.4 Å². The predicted molar refractivity (Wildman–Crippen MR) is 111 cm³/mol. The molecule has 172 valence electrons. The largest absolute Gasteiger partial charge is 0.499 e. The summed E-state index contributed by atoms with van der Waals surface area (Å²) in [6.45, 7) is 6.18. The number of nitrogens with one attached hydrogen (secondary N) is 1. The highest BCUT2D eigenvalue weighted by Crippen LogP contribution is 2.32. The molecule has 3 rings (SSSR count). The second-order valence-electron chi connectivity index (χ2n) is 8.23. The predicted octanol–water partition coefficient (Wildman–Crippen LogP) is 4.46. The summed E-state index contributed by atoms with van der Waals surface area (Å²) in [5, 5.41) is 2.96. The van der Waals surface area contributed by atoms with Gasteiger partial charge in [-0.3, -0.25) is 9.59 Å². The van der Waals surface area contributed by atoms with Crippen LogP contribution in [0.15, 0.2) is 23.5 Å². The maximum absolute atomic E-state index is 13.3. The Hall–Kier alpha value is -2.51. The van der Waals surface area contributed by atoms with Crippen molar-refractivity contribution < 1.29 is 27.5 Å². The molecule has 1 aromatic rings. The van der Waals surface area contributed by atoms with Gasteiger partial charge in [-0.15, -0.1) is 0 Å². The Balaban J connectivity index is 0.000000221. The number of halogens is 3. The van der Waals surface area contributed by atoms with E-state index < -0.39 is 17.5 Å². The SMILES string of the molecule is COC(=C1CCC1)C(NC(C)=O)C(C)C.O=C1CCCN1Cc1cc(F)cc(F)c1F. The van der Waals surface area contributed by atoms with E-state index >= 15 is 0 Å². The van der Waals surface area contributed by atoms with Crippen LogP contribution in [0.5, 0.6) is 0 Å². The first-order valence-corrected chi connectivity index (χ1v) is 10.6. The smallest absolute Gasteiger partial charge is 0.222 e. The number of allylic oxidation sites excluding steroid dienone is 1. The van der Waals surface area contributed by atoms with E-state index in [0.29, 0.717) is 31.4 Å². The van der Waals surface area contributed by atoms with Gasteiger partial charge < -0.3 is 15.0 Å². The van der Waals surface area contributed by atoms with Gasteiger partial charge in [0.25, 0.3) is 0 Å². The number of hydrogen-bond acceptors (Lipinski definition) is 3. The molecule has 31 heavy (non-hydrogen) atoms. The van der Waals surface area contributed by atoms with E-state index in [1.807, 2.05) is 0 Å². The Bertz CT molecular complexity index is 834. The first kappa shape index (κ1) is 24.8. The molecule has 1 aromatic carbocycles. The minimum atomic E-state index is -1.22. The minimum absolute atomic E-state index is 0.00294. The molecule has 1 unspecified atom stereocenters. The number of methoxy groups -OCH3 is 1. The van der Waals surface area contributed by atoms with E-state index in [4.69, 9.17) is 4.74 Å². The molecule has 1 heterocycles. The number of likely N-dealkylation sites (tertiary alicyclic amines) is 1. The van der Waals surface area contributed by atoms with E-state index in [1.54, 1.807) is 14.0 Å². The summed E-state index contributed by atoms with van der Waals surface area (Å²) in [5.74, 6) is -1.90. The molecule has 1 atom stereocenters. The van der Waals surface area contributed by atoms with Gasteiger partial charge in [0.2, 0.25) is 11.8 Å². The van der Waals surface area contributed by atoms with E-state index in [9.17, 15) is 22.8 Å². The van der Waals surface area contributed by atoms with Crippen molar-refractivity contribution in [1.29, 1.82) is 0 Å². The fraction of sp³-hybridized carbons (Fsp3) is 0.565. The Morgan fingerprint density at radius 1 is 1.16 bits per heavy atom. The number of amides is 2. The lowest BCUT2D eigenvalue weighted by atomic mass is 9.87. The highest BCUT2D eigenvalue weighted by atomic mass is 19.2. The van der Waals surface area contributed by atoms with Gasteiger partial charge in [0.1, 0.15) is 11.6 Å². The maximum Gasteiger partial charge on any atom is 0.222 e. The van der Waals surface area contributed by atoms with Crippen molar-refractivity contribution in [3.63, 3.8) is 0 Å². The lowest BCUT2D eigenvalue weighted by Gasteiger charge is -2.29. The lowest BCUT2D eigenvalue weighted by Crippen LogP contribution is -2.40. The summed E-state index contributed by atoms with van der Waals surface area (Å²) in [4.78, 5) is 23.8. The van der Waals surface area contributed by atoms with Gasteiger partial charge in [0.15, 0.2) is 11.6 Å². The summed E-state index contributed by atoms with van der Waals surface area (Å²) < 4.78 is 44.5. The first-order chi connectivity index (χ1) is 14.6. The van der Waals surface area contributed by atoms with E-state index in [0.717, 1.165) is 24.7 Å². The minimum Gasteiger partial charge on any atom is -0.499 e. The first-order valence-electron chi connectivity index (χ1n) is 10.6. The van der Waals surface area contributed by atoms with Crippen molar-refractivity contribution in [3.05, 3.63) is 46.5 Å². The van der Waals surface area contributed by atoms with Gasteiger partial charge in [-0.2, -0.15) is 0 Å². The van der Waals surface area contributed by atoms with Crippen LogP contribution >= 0.6 is 0 Å². The topological polar surface area (TPSA) is 58.6 Å². The number of benzene rings is 1. The third-order valence-electron chi connectivity index (χ3n) is 5.43. The van der Waals surface area contributed by atoms with E-state index in [2.05, 4.69) is 19.2 Å². The molecule has 2 amide bonds. The van der Waals surface area contributed by atoms with Crippen molar-refractivity contribution in [2.45, 2.75) is 65.5 Å². The third kappa shape index (κ3) is 6.74. The Morgan fingerprint density at radius 3 is 2.29 bits per heavy atom. The van der Waals surface area contributed by atoms with E-state index in [-0.39, 0.29) is 30.0 Å². The highest BCUT2D eigenvalue weighted by Gasteiger charge is 2.26. The van der Waals surface area contributed by atoms with Crippen molar-refractivity contribution in [3.8, 4) is 0 Å². The van der Waals surface area contributed by atoms with Crippen LogP contribution < -0.4 is 5.32 Å². The summed E-state index contributed by atoms with van der Waals surface area (Å²) >= 11 is 0. The number of carbonyl (C=O) groups excluding carboxylic acids is 2. The fourth-order valence-corrected chi connectivity index (χ4v) is 3.65. The summed E-state index contributed by atoms with van der Waals surface area (Å²) in [6, 6.07) is 1.44. The van der Waals surface area contributed by atoms with Gasteiger partial charge in [-0.25, -0.2) is 13.2 Å². The molecule has 2 fully saturated rings. The van der Waals surface area contributed by atoms with Crippen LogP contribution in [0.2, 0.25) is 0 Å². The fourth-order valence-electron chi connectivity index (χ4n) is 3.65. The number of carbonyl (C=O) groups is 2. The number of ether oxygens (including phenoxy) is 1. The molecule has 0 bridgehead atoms. The summed E-state index contributed by atoms with van der Waals surface area (Å²) in [7, 11) is 1.69. The average molecular weight is 441 g/mol. The molecule has 0 radical (unpaired) electrons. The van der Waals surface area contributed by atoms with Gasteiger partial charge in [-0.05, 0) is 43.2 Å². The Kier molecular flexibility index (Phi) is 8.95. The quantitative estimate of drug-likeness (QED) is 0.525. The molecule has 2 aliphatic rings. The van der Waals surface area contributed by atoms with Gasteiger partial charge in [0, 0.05) is 38.1 Å². The molecule has 8 heteroatoms. The van der Waals surface area contributed by atoms with Crippen molar-refractivity contribution in [2.75, 3.05) is 13.7 Å². The van der Waals surface area contributed by atoms with Crippen LogP contribution in [-0.4, -0.2) is 36.4 Å².